The first-order chi connectivity index (χ1) is 8.09. The Morgan fingerprint density at radius 1 is 1.47 bits per heavy atom. The second-order valence-electron chi connectivity index (χ2n) is 4.65. The molecule has 2 atom stereocenters. The fraction of sp³-hybridized carbons (Fsp3) is 0.636. The van der Waals surface area contributed by atoms with Gasteiger partial charge in [0.25, 0.3) is 0 Å². The number of aromatic nitrogens is 4. The van der Waals surface area contributed by atoms with Crippen molar-refractivity contribution in [1.82, 2.24) is 19.3 Å². The van der Waals surface area contributed by atoms with Crippen molar-refractivity contribution in [2.75, 3.05) is 12.3 Å². The number of imidazole rings is 1. The summed E-state index contributed by atoms with van der Waals surface area (Å²) >= 11 is 0. The highest BCUT2D eigenvalue weighted by Gasteiger charge is 2.30. The van der Waals surface area contributed by atoms with Gasteiger partial charge in [0.05, 0.1) is 17.8 Å². The van der Waals surface area contributed by atoms with Crippen molar-refractivity contribution in [3.05, 3.63) is 5.69 Å². The Balaban J connectivity index is 2.24. The standard InChI is InChI=1S/C11H17N5O/c1-6-9-10(15(3)14-6)16(11(12)13-9)8-4-5-17-7(8)2/h7-8H,4-5H2,1-3H3,(H2,12,13). The molecule has 3 rings (SSSR count). The number of ether oxygens (including phenoxy) is 1. The van der Waals surface area contributed by atoms with E-state index >= 15 is 0 Å². The van der Waals surface area contributed by atoms with Crippen molar-refractivity contribution in [1.29, 1.82) is 0 Å². The number of nitrogens with two attached hydrogens (primary N) is 1. The molecular weight excluding hydrogens is 218 g/mol. The van der Waals surface area contributed by atoms with Crippen LogP contribution in [0.4, 0.5) is 5.95 Å². The van der Waals surface area contributed by atoms with E-state index in [-0.39, 0.29) is 12.1 Å². The average Bonchev–Trinajstić information content (AvgIpc) is 2.87. The fourth-order valence-corrected chi connectivity index (χ4v) is 2.70. The number of fused-ring (bicyclic) bond motifs is 1. The lowest BCUT2D eigenvalue weighted by atomic mass is 10.1. The van der Waals surface area contributed by atoms with Gasteiger partial charge in [-0.2, -0.15) is 5.10 Å². The number of nitrogen functional groups attached to an aromatic ring is 1. The minimum Gasteiger partial charge on any atom is -0.376 e. The minimum absolute atomic E-state index is 0.171. The fourth-order valence-electron chi connectivity index (χ4n) is 2.70. The molecule has 0 aromatic carbocycles. The molecule has 2 N–H and O–H groups in total. The second kappa shape index (κ2) is 3.46. The van der Waals surface area contributed by atoms with Gasteiger partial charge in [0.2, 0.25) is 5.95 Å². The Kier molecular flexibility index (Phi) is 2.16. The van der Waals surface area contributed by atoms with E-state index in [4.69, 9.17) is 10.5 Å². The van der Waals surface area contributed by atoms with E-state index in [9.17, 15) is 0 Å². The van der Waals surface area contributed by atoms with Crippen LogP contribution in [0.3, 0.4) is 0 Å². The van der Waals surface area contributed by atoms with Gasteiger partial charge in [0.15, 0.2) is 5.65 Å². The summed E-state index contributed by atoms with van der Waals surface area (Å²) in [5, 5.41) is 4.39. The van der Waals surface area contributed by atoms with Crippen LogP contribution < -0.4 is 5.73 Å². The maximum atomic E-state index is 6.03. The first-order valence-corrected chi connectivity index (χ1v) is 5.88. The third kappa shape index (κ3) is 1.37. The van der Waals surface area contributed by atoms with Crippen LogP contribution in [0.25, 0.3) is 11.2 Å². The van der Waals surface area contributed by atoms with Crippen LogP contribution in [0.2, 0.25) is 0 Å². The average molecular weight is 235 g/mol. The maximum Gasteiger partial charge on any atom is 0.202 e. The molecule has 6 nitrogen and oxygen atoms in total. The molecule has 2 aromatic heterocycles. The summed E-state index contributed by atoms with van der Waals surface area (Å²) in [6.07, 6.45) is 1.14. The van der Waals surface area contributed by atoms with E-state index in [1.54, 1.807) is 0 Å². The first kappa shape index (κ1) is 10.6. The summed E-state index contributed by atoms with van der Waals surface area (Å²) in [6.45, 7) is 4.81. The molecule has 1 aliphatic heterocycles. The zero-order chi connectivity index (χ0) is 12.2. The van der Waals surface area contributed by atoms with Crippen LogP contribution in [-0.2, 0) is 11.8 Å². The largest absolute Gasteiger partial charge is 0.376 e. The van der Waals surface area contributed by atoms with Gasteiger partial charge < -0.3 is 10.5 Å². The monoisotopic (exact) mass is 235 g/mol. The number of anilines is 1. The van der Waals surface area contributed by atoms with E-state index in [1.165, 1.54) is 0 Å². The molecule has 2 aromatic rings. The first-order valence-electron chi connectivity index (χ1n) is 5.88. The maximum absolute atomic E-state index is 6.03. The lowest BCUT2D eigenvalue weighted by Gasteiger charge is -2.18. The zero-order valence-electron chi connectivity index (χ0n) is 10.3. The van der Waals surface area contributed by atoms with Gasteiger partial charge in [-0.25, -0.2) is 4.98 Å². The van der Waals surface area contributed by atoms with Gasteiger partial charge >= 0.3 is 0 Å². The summed E-state index contributed by atoms with van der Waals surface area (Å²) in [6, 6.07) is 0.259. The van der Waals surface area contributed by atoms with Crippen molar-refractivity contribution in [2.24, 2.45) is 7.05 Å². The second-order valence-corrected chi connectivity index (χ2v) is 4.65. The van der Waals surface area contributed by atoms with E-state index in [2.05, 4.69) is 21.6 Å². The molecule has 92 valence electrons. The molecule has 0 amide bonds. The summed E-state index contributed by atoms with van der Waals surface area (Å²) in [5.41, 5.74) is 8.83. The molecule has 0 spiro atoms. The van der Waals surface area contributed by atoms with Crippen LogP contribution in [0.5, 0.6) is 0 Å². The highest BCUT2D eigenvalue weighted by Crippen LogP contribution is 2.32. The molecule has 1 fully saturated rings. The predicted molar refractivity (Wildman–Crippen MR) is 64.7 cm³/mol. The molecule has 1 saturated heterocycles. The SMILES string of the molecule is Cc1nn(C)c2c1nc(N)n2C1CCOC1C. The predicted octanol–water partition coefficient (Wildman–Crippen LogP) is 1.01. The molecule has 0 aliphatic carbocycles. The lowest BCUT2D eigenvalue weighted by Crippen LogP contribution is -2.19. The zero-order valence-corrected chi connectivity index (χ0v) is 10.3. The van der Waals surface area contributed by atoms with Crippen LogP contribution >= 0.6 is 0 Å². The Hall–Kier alpha value is -1.56. The highest BCUT2D eigenvalue weighted by atomic mass is 16.5. The Bertz CT molecular complexity index is 570. The van der Waals surface area contributed by atoms with Gasteiger partial charge in [-0.1, -0.05) is 0 Å². The van der Waals surface area contributed by atoms with Gasteiger partial charge in [-0.3, -0.25) is 9.25 Å². The molecule has 2 unspecified atom stereocenters. The van der Waals surface area contributed by atoms with Crippen LogP contribution in [0.1, 0.15) is 25.1 Å². The van der Waals surface area contributed by atoms with E-state index in [1.807, 2.05) is 18.7 Å². The normalized spacial score (nSPS) is 24.9. The Morgan fingerprint density at radius 3 is 2.88 bits per heavy atom. The van der Waals surface area contributed by atoms with Crippen molar-refractivity contribution in [2.45, 2.75) is 32.4 Å². The summed E-state index contributed by atoms with van der Waals surface area (Å²) in [5.74, 6) is 0.554. The Labute approximate surface area is 99.4 Å². The number of aryl methyl sites for hydroxylation is 2. The van der Waals surface area contributed by atoms with Gasteiger partial charge in [0.1, 0.15) is 5.52 Å². The van der Waals surface area contributed by atoms with E-state index in [0.717, 1.165) is 29.9 Å². The van der Waals surface area contributed by atoms with Crippen molar-refractivity contribution >= 4 is 17.1 Å². The third-order valence-electron chi connectivity index (χ3n) is 3.53. The van der Waals surface area contributed by atoms with E-state index in [0.29, 0.717) is 5.95 Å². The molecule has 3 heterocycles. The topological polar surface area (TPSA) is 70.9 Å². The molecule has 0 saturated carbocycles. The molecule has 0 radical (unpaired) electrons. The van der Waals surface area contributed by atoms with Crippen molar-refractivity contribution in [3.8, 4) is 0 Å². The van der Waals surface area contributed by atoms with Crippen molar-refractivity contribution < 1.29 is 4.74 Å². The van der Waals surface area contributed by atoms with Crippen LogP contribution in [0.15, 0.2) is 0 Å². The van der Waals surface area contributed by atoms with Crippen LogP contribution in [0, 0.1) is 6.92 Å². The number of hydrogen-bond acceptors (Lipinski definition) is 4. The van der Waals surface area contributed by atoms with E-state index < -0.39 is 0 Å². The molecule has 6 heteroatoms. The summed E-state index contributed by atoms with van der Waals surface area (Å²) in [7, 11) is 1.92. The smallest absolute Gasteiger partial charge is 0.202 e. The van der Waals surface area contributed by atoms with Gasteiger partial charge in [0, 0.05) is 13.7 Å². The molecule has 0 bridgehead atoms. The quantitative estimate of drug-likeness (QED) is 0.800. The van der Waals surface area contributed by atoms with Gasteiger partial charge in [-0.15, -0.1) is 0 Å². The third-order valence-corrected chi connectivity index (χ3v) is 3.53. The summed E-state index contributed by atoms with van der Waals surface area (Å²) < 4.78 is 9.51. The summed E-state index contributed by atoms with van der Waals surface area (Å²) in [4.78, 5) is 4.41. The highest BCUT2D eigenvalue weighted by molar-refractivity contribution is 5.77. The number of rotatable bonds is 1. The van der Waals surface area contributed by atoms with Gasteiger partial charge in [-0.05, 0) is 20.3 Å². The molecule has 1 aliphatic rings. The van der Waals surface area contributed by atoms with Crippen LogP contribution in [-0.4, -0.2) is 32.0 Å². The molecule has 17 heavy (non-hydrogen) atoms. The minimum atomic E-state index is 0.171. The number of nitrogens with zero attached hydrogens (tertiary/aromatic N) is 4. The lowest BCUT2D eigenvalue weighted by molar-refractivity contribution is 0.108. The Morgan fingerprint density at radius 2 is 2.24 bits per heavy atom. The molecular formula is C11H17N5O. The van der Waals surface area contributed by atoms with Crippen molar-refractivity contribution in [3.63, 3.8) is 0 Å². The number of hydrogen-bond donors (Lipinski definition) is 1.